The van der Waals surface area contributed by atoms with E-state index >= 15 is 0 Å². The Labute approximate surface area is 149 Å². The minimum Gasteiger partial charge on any atom is -0.385 e. The van der Waals surface area contributed by atoms with Gasteiger partial charge in [-0.1, -0.05) is 48.5 Å². The maximum Gasteiger partial charge on any atom is 0.0876 e. The summed E-state index contributed by atoms with van der Waals surface area (Å²) in [6, 6.07) is 20.3. The maximum absolute atomic E-state index is 11.2. The first-order chi connectivity index (χ1) is 12.0. The third-order valence-corrected chi connectivity index (χ3v) is 4.63. The molecule has 130 valence electrons. The number of hydrogen-bond acceptors (Lipinski definition) is 3. The molecule has 0 bridgehead atoms. The van der Waals surface area contributed by atoms with Crippen molar-refractivity contribution in [3.63, 3.8) is 0 Å². The van der Waals surface area contributed by atoms with E-state index in [1.54, 1.807) is 0 Å². The molecule has 0 spiro atoms. The molecule has 0 saturated carbocycles. The van der Waals surface area contributed by atoms with E-state index in [1.807, 2.05) is 55.5 Å². The van der Waals surface area contributed by atoms with Crippen LogP contribution in [0.5, 0.6) is 0 Å². The van der Waals surface area contributed by atoms with Crippen LogP contribution in [0.4, 0.5) is 0 Å². The quantitative estimate of drug-likeness (QED) is 0.723. The van der Waals surface area contributed by atoms with E-state index in [0.717, 1.165) is 40.7 Å². The summed E-state index contributed by atoms with van der Waals surface area (Å²) in [5.41, 5.74) is 2.96. The Hall–Kier alpha value is -2.23. The Bertz CT molecular complexity index is 841. The van der Waals surface area contributed by atoms with E-state index in [-0.39, 0.29) is 0 Å². The summed E-state index contributed by atoms with van der Waals surface area (Å²) in [5, 5.41) is 12.2. The van der Waals surface area contributed by atoms with Gasteiger partial charge in [0.05, 0.1) is 16.8 Å². The van der Waals surface area contributed by atoms with Crippen molar-refractivity contribution in [3.8, 4) is 11.3 Å². The molecule has 3 aromatic rings. The van der Waals surface area contributed by atoms with Crippen LogP contribution in [0.1, 0.15) is 25.3 Å². The SMILES string of the molecule is CN(C)CCCC(C)(O)c1cc(-c2ccccc2)nc2ccccc12. The van der Waals surface area contributed by atoms with Crippen LogP contribution in [0.3, 0.4) is 0 Å². The van der Waals surface area contributed by atoms with E-state index in [1.165, 1.54) is 0 Å². The normalized spacial score (nSPS) is 14.0. The summed E-state index contributed by atoms with van der Waals surface area (Å²) in [5.74, 6) is 0. The second-order valence-corrected chi connectivity index (χ2v) is 7.12. The zero-order chi connectivity index (χ0) is 17.9. The molecule has 2 aromatic carbocycles. The van der Waals surface area contributed by atoms with Gasteiger partial charge in [0.1, 0.15) is 0 Å². The highest BCUT2D eigenvalue weighted by Crippen LogP contribution is 2.34. The van der Waals surface area contributed by atoms with Crippen molar-refractivity contribution in [1.29, 1.82) is 0 Å². The molecule has 1 N–H and O–H groups in total. The van der Waals surface area contributed by atoms with Crippen LogP contribution in [0, 0.1) is 0 Å². The van der Waals surface area contributed by atoms with Crippen molar-refractivity contribution in [1.82, 2.24) is 9.88 Å². The van der Waals surface area contributed by atoms with Gasteiger partial charge in [-0.3, -0.25) is 0 Å². The monoisotopic (exact) mass is 334 g/mol. The first kappa shape index (κ1) is 17.6. The third kappa shape index (κ3) is 4.06. The molecule has 0 fully saturated rings. The van der Waals surface area contributed by atoms with Gasteiger partial charge in [-0.2, -0.15) is 0 Å². The minimum atomic E-state index is -0.887. The minimum absolute atomic E-state index is 0.716. The lowest BCUT2D eigenvalue weighted by molar-refractivity contribution is 0.0452. The zero-order valence-electron chi connectivity index (χ0n) is 15.2. The molecule has 3 rings (SSSR count). The molecule has 1 heterocycles. The van der Waals surface area contributed by atoms with Crippen LogP contribution in [0.2, 0.25) is 0 Å². The van der Waals surface area contributed by atoms with Crippen molar-refractivity contribution < 1.29 is 5.11 Å². The molecular formula is C22H26N2O. The molecule has 0 aliphatic rings. The van der Waals surface area contributed by atoms with Crippen LogP contribution in [0.25, 0.3) is 22.2 Å². The molecule has 0 amide bonds. The van der Waals surface area contributed by atoms with Gasteiger partial charge in [-0.05, 0) is 58.1 Å². The van der Waals surface area contributed by atoms with Crippen LogP contribution in [-0.4, -0.2) is 35.6 Å². The zero-order valence-corrected chi connectivity index (χ0v) is 15.2. The molecule has 0 aliphatic heterocycles. The maximum atomic E-state index is 11.2. The van der Waals surface area contributed by atoms with Gasteiger partial charge in [-0.15, -0.1) is 0 Å². The highest BCUT2D eigenvalue weighted by atomic mass is 16.3. The number of aromatic nitrogens is 1. The third-order valence-electron chi connectivity index (χ3n) is 4.63. The van der Waals surface area contributed by atoms with Gasteiger partial charge in [0.15, 0.2) is 0 Å². The Morgan fingerprint density at radius 3 is 2.40 bits per heavy atom. The van der Waals surface area contributed by atoms with E-state index in [0.29, 0.717) is 6.42 Å². The van der Waals surface area contributed by atoms with Crippen LogP contribution >= 0.6 is 0 Å². The van der Waals surface area contributed by atoms with E-state index in [4.69, 9.17) is 4.98 Å². The fourth-order valence-electron chi connectivity index (χ4n) is 3.25. The molecule has 25 heavy (non-hydrogen) atoms. The first-order valence-electron chi connectivity index (χ1n) is 8.80. The van der Waals surface area contributed by atoms with Gasteiger partial charge in [0.25, 0.3) is 0 Å². The van der Waals surface area contributed by atoms with Gasteiger partial charge in [0.2, 0.25) is 0 Å². The number of fused-ring (bicyclic) bond motifs is 1. The topological polar surface area (TPSA) is 36.4 Å². The number of nitrogens with zero attached hydrogens (tertiary/aromatic N) is 2. The number of hydrogen-bond donors (Lipinski definition) is 1. The summed E-state index contributed by atoms with van der Waals surface area (Å²) in [7, 11) is 4.12. The summed E-state index contributed by atoms with van der Waals surface area (Å²) < 4.78 is 0. The van der Waals surface area contributed by atoms with Crippen molar-refractivity contribution in [2.45, 2.75) is 25.4 Å². The smallest absolute Gasteiger partial charge is 0.0876 e. The predicted octanol–water partition coefficient (Wildman–Crippen LogP) is 4.45. The molecule has 0 saturated heterocycles. The lowest BCUT2D eigenvalue weighted by atomic mass is 9.87. The van der Waals surface area contributed by atoms with E-state index in [2.05, 4.69) is 31.1 Å². The van der Waals surface area contributed by atoms with Crippen molar-refractivity contribution in [3.05, 3.63) is 66.2 Å². The molecule has 1 aromatic heterocycles. The number of benzene rings is 2. The van der Waals surface area contributed by atoms with Crippen molar-refractivity contribution in [2.75, 3.05) is 20.6 Å². The number of para-hydroxylation sites is 1. The number of rotatable bonds is 6. The number of pyridine rings is 1. The largest absolute Gasteiger partial charge is 0.385 e. The second-order valence-electron chi connectivity index (χ2n) is 7.12. The molecule has 1 atom stereocenters. The van der Waals surface area contributed by atoms with Gasteiger partial charge in [-0.25, -0.2) is 4.98 Å². The van der Waals surface area contributed by atoms with Gasteiger partial charge >= 0.3 is 0 Å². The Morgan fingerprint density at radius 2 is 1.68 bits per heavy atom. The van der Waals surface area contributed by atoms with Gasteiger partial charge < -0.3 is 10.0 Å². The molecule has 3 nitrogen and oxygen atoms in total. The highest BCUT2D eigenvalue weighted by Gasteiger charge is 2.26. The molecule has 3 heteroatoms. The predicted molar refractivity (Wildman–Crippen MR) is 105 cm³/mol. The molecule has 1 unspecified atom stereocenters. The summed E-state index contributed by atoms with van der Waals surface area (Å²) in [6.45, 7) is 2.88. The van der Waals surface area contributed by atoms with Crippen molar-refractivity contribution >= 4 is 10.9 Å². The van der Waals surface area contributed by atoms with Crippen LogP contribution in [0.15, 0.2) is 60.7 Å². The fraction of sp³-hybridized carbons (Fsp3) is 0.318. The average Bonchev–Trinajstić information content (AvgIpc) is 2.61. The van der Waals surface area contributed by atoms with Crippen molar-refractivity contribution in [2.24, 2.45) is 0 Å². The first-order valence-corrected chi connectivity index (χ1v) is 8.80. The highest BCUT2D eigenvalue weighted by molar-refractivity contribution is 5.86. The molecule has 0 radical (unpaired) electrons. The van der Waals surface area contributed by atoms with Crippen LogP contribution in [-0.2, 0) is 5.60 Å². The van der Waals surface area contributed by atoms with Crippen LogP contribution < -0.4 is 0 Å². The Balaban J connectivity index is 2.06. The second kappa shape index (κ2) is 7.34. The van der Waals surface area contributed by atoms with E-state index < -0.39 is 5.60 Å². The lowest BCUT2D eigenvalue weighted by Crippen LogP contribution is -2.24. The Morgan fingerprint density at radius 1 is 1.00 bits per heavy atom. The average molecular weight is 334 g/mol. The summed E-state index contributed by atoms with van der Waals surface area (Å²) in [6.07, 6.45) is 1.66. The standard InChI is InChI=1S/C22H26N2O/c1-22(25,14-9-15-24(2)3)19-16-21(17-10-5-4-6-11-17)23-20-13-8-7-12-18(19)20/h4-8,10-13,16,25H,9,14-15H2,1-3H3. The summed E-state index contributed by atoms with van der Waals surface area (Å²) >= 11 is 0. The summed E-state index contributed by atoms with van der Waals surface area (Å²) in [4.78, 5) is 6.96. The van der Waals surface area contributed by atoms with E-state index in [9.17, 15) is 5.11 Å². The number of aliphatic hydroxyl groups is 1. The fourth-order valence-corrected chi connectivity index (χ4v) is 3.25. The lowest BCUT2D eigenvalue weighted by Gasteiger charge is -2.26. The molecule has 0 aliphatic carbocycles. The molecular weight excluding hydrogens is 308 g/mol. The van der Waals surface area contributed by atoms with Gasteiger partial charge in [0, 0.05) is 10.9 Å². The Kier molecular flexibility index (Phi) is 5.16.